The van der Waals surface area contributed by atoms with Crippen LogP contribution < -0.4 is 9.47 Å². The Morgan fingerprint density at radius 1 is 1.22 bits per heavy atom. The molecule has 4 rings (SSSR count). The summed E-state index contributed by atoms with van der Waals surface area (Å²) in [7, 11) is 0. The van der Waals surface area contributed by atoms with Crippen molar-refractivity contribution in [2.75, 3.05) is 13.2 Å². The Bertz CT molecular complexity index is 1080. The van der Waals surface area contributed by atoms with Gasteiger partial charge in [0.15, 0.2) is 11.5 Å². The first-order valence-corrected chi connectivity index (χ1v) is 8.48. The van der Waals surface area contributed by atoms with E-state index in [1.807, 2.05) is 47.0 Å². The van der Waals surface area contributed by atoms with Gasteiger partial charge in [0, 0.05) is 24.0 Å². The second-order valence-corrected chi connectivity index (χ2v) is 5.98. The number of nitrogens with zero attached hydrogens (tertiary/aromatic N) is 2. The molecular formula is C21H16N2O4. The van der Waals surface area contributed by atoms with Crippen molar-refractivity contribution in [3.8, 4) is 17.6 Å². The number of hydrogen-bond donors (Lipinski definition) is 0. The first kappa shape index (κ1) is 16.7. The number of rotatable bonds is 4. The molecule has 1 aliphatic rings. The zero-order valence-corrected chi connectivity index (χ0v) is 14.4. The summed E-state index contributed by atoms with van der Waals surface area (Å²) in [6.07, 6.45) is 6.66. The number of fused-ring (bicyclic) bond motifs is 2. The fourth-order valence-electron chi connectivity index (χ4n) is 2.94. The molecule has 0 amide bonds. The van der Waals surface area contributed by atoms with Crippen molar-refractivity contribution < 1.29 is 19.0 Å². The molecule has 134 valence electrons. The van der Waals surface area contributed by atoms with Crippen LogP contribution in [0.5, 0.6) is 11.5 Å². The topological polar surface area (TPSA) is 73.0 Å². The normalized spacial score (nSPS) is 12.9. The van der Waals surface area contributed by atoms with Crippen LogP contribution in [0.1, 0.15) is 16.7 Å². The summed E-state index contributed by atoms with van der Waals surface area (Å²) in [5, 5.41) is 9.38. The fraction of sp³-hybridized carbons (Fsp3) is 0.143. The smallest absolute Gasteiger partial charge is 0.331 e. The third-order valence-corrected chi connectivity index (χ3v) is 4.22. The minimum absolute atomic E-state index is 0.0366. The molecule has 0 spiro atoms. The summed E-state index contributed by atoms with van der Waals surface area (Å²) in [5.74, 6) is 0.880. The van der Waals surface area contributed by atoms with E-state index in [-0.39, 0.29) is 6.61 Å². The molecule has 0 atom stereocenters. The maximum Gasteiger partial charge on any atom is 0.331 e. The summed E-state index contributed by atoms with van der Waals surface area (Å²) in [6.45, 7) is 1.08. The van der Waals surface area contributed by atoms with Crippen molar-refractivity contribution in [1.29, 1.82) is 5.26 Å². The van der Waals surface area contributed by atoms with E-state index >= 15 is 0 Å². The summed E-state index contributed by atoms with van der Waals surface area (Å²) >= 11 is 0. The lowest BCUT2D eigenvalue weighted by Crippen LogP contribution is -2.15. The number of nitriles is 1. The molecule has 6 nitrogen and oxygen atoms in total. The average Bonchev–Trinajstić information content (AvgIpc) is 3.08. The van der Waals surface area contributed by atoms with Gasteiger partial charge in [-0.05, 0) is 35.9 Å². The van der Waals surface area contributed by atoms with Crippen LogP contribution in [0, 0.1) is 11.3 Å². The highest BCUT2D eigenvalue weighted by Gasteiger charge is 2.12. The Balaban J connectivity index is 1.43. The van der Waals surface area contributed by atoms with Crippen molar-refractivity contribution in [3.05, 3.63) is 71.6 Å². The lowest BCUT2D eigenvalue weighted by Gasteiger charge is -2.18. The van der Waals surface area contributed by atoms with E-state index in [4.69, 9.17) is 14.2 Å². The molecule has 0 unspecified atom stereocenters. The molecule has 2 aromatic heterocycles. The molecular weight excluding hydrogens is 344 g/mol. The summed E-state index contributed by atoms with van der Waals surface area (Å²) in [6, 6.07) is 13.2. The Morgan fingerprint density at radius 2 is 2.07 bits per heavy atom. The molecule has 3 heterocycles. The van der Waals surface area contributed by atoms with E-state index in [0.29, 0.717) is 35.8 Å². The van der Waals surface area contributed by atoms with Crippen LogP contribution in [-0.2, 0) is 16.1 Å². The highest BCUT2D eigenvalue weighted by Crippen LogP contribution is 2.31. The summed E-state index contributed by atoms with van der Waals surface area (Å²) < 4.78 is 18.1. The number of carbonyl (C=O) groups excluding carboxylic acids is 1. The highest BCUT2D eigenvalue weighted by molar-refractivity contribution is 5.87. The largest absolute Gasteiger partial charge is 0.486 e. The minimum atomic E-state index is -0.482. The van der Waals surface area contributed by atoms with E-state index in [2.05, 4.69) is 6.07 Å². The Hall–Kier alpha value is -3.72. The van der Waals surface area contributed by atoms with Crippen LogP contribution in [-0.4, -0.2) is 23.6 Å². The summed E-state index contributed by atoms with van der Waals surface area (Å²) in [4.78, 5) is 12.0. The van der Waals surface area contributed by atoms with Crippen LogP contribution in [0.3, 0.4) is 0 Å². The van der Waals surface area contributed by atoms with E-state index in [9.17, 15) is 10.1 Å². The van der Waals surface area contributed by atoms with Gasteiger partial charge in [-0.3, -0.25) is 0 Å². The Kier molecular flexibility index (Phi) is 4.50. The van der Waals surface area contributed by atoms with E-state index < -0.39 is 5.97 Å². The van der Waals surface area contributed by atoms with Crippen LogP contribution in [0.25, 0.3) is 11.6 Å². The standard InChI is InChI=1S/C21H16N2O4/c22-12-17-16(13-23-8-2-1-3-18(17)23)14-27-21(24)7-5-15-4-6-19-20(11-15)26-10-9-25-19/h1-8,11,13H,9-10,14H2/b7-5+. The maximum atomic E-state index is 12.0. The molecule has 6 heteroatoms. The first-order chi connectivity index (χ1) is 13.2. The predicted octanol–water partition coefficient (Wildman–Crippen LogP) is 3.34. The quantitative estimate of drug-likeness (QED) is 0.527. The molecule has 0 bridgehead atoms. The number of benzene rings is 1. The van der Waals surface area contributed by atoms with Crippen molar-refractivity contribution in [2.24, 2.45) is 0 Å². The molecule has 0 radical (unpaired) electrons. The molecule has 0 N–H and O–H groups in total. The second kappa shape index (κ2) is 7.26. The Morgan fingerprint density at radius 3 is 2.93 bits per heavy atom. The lowest BCUT2D eigenvalue weighted by atomic mass is 10.2. The van der Waals surface area contributed by atoms with Gasteiger partial charge in [0.25, 0.3) is 0 Å². The van der Waals surface area contributed by atoms with Crippen molar-refractivity contribution in [1.82, 2.24) is 4.40 Å². The molecule has 3 aromatic rings. The van der Waals surface area contributed by atoms with Crippen LogP contribution >= 0.6 is 0 Å². The second-order valence-electron chi connectivity index (χ2n) is 5.98. The molecule has 1 aliphatic heterocycles. The number of aromatic nitrogens is 1. The number of esters is 1. The van der Waals surface area contributed by atoms with Crippen molar-refractivity contribution in [2.45, 2.75) is 6.61 Å². The van der Waals surface area contributed by atoms with Gasteiger partial charge in [0.1, 0.15) is 25.9 Å². The molecule has 1 aromatic carbocycles. The minimum Gasteiger partial charge on any atom is -0.486 e. The molecule has 0 aliphatic carbocycles. The van der Waals surface area contributed by atoms with Gasteiger partial charge in [-0.25, -0.2) is 4.79 Å². The number of ether oxygens (including phenoxy) is 3. The predicted molar refractivity (Wildman–Crippen MR) is 98.4 cm³/mol. The number of hydrogen-bond acceptors (Lipinski definition) is 5. The van der Waals surface area contributed by atoms with Gasteiger partial charge in [-0.2, -0.15) is 5.26 Å². The van der Waals surface area contributed by atoms with Crippen molar-refractivity contribution in [3.63, 3.8) is 0 Å². The number of carbonyl (C=O) groups is 1. The third-order valence-electron chi connectivity index (χ3n) is 4.22. The molecule has 0 saturated carbocycles. The summed E-state index contributed by atoms with van der Waals surface area (Å²) in [5.41, 5.74) is 2.78. The third kappa shape index (κ3) is 3.48. The van der Waals surface area contributed by atoms with Crippen LogP contribution in [0.2, 0.25) is 0 Å². The van der Waals surface area contributed by atoms with E-state index in [1.165, 1.54) is 6.08 Å². The molecule has 0 saturated heterocycles. The van der Waals surface area contributed by atoms with Crippen LogP contribution in [0.15, 0.2) is 54.9 Å². The average molecular weight is 360 g/mol. The van der Waals surface area contributed by atoms with E-state index in [0.717, 1.165) is 11.1 Å². The van der Waals surface area contributed by atoms with Gasteiger partial charge in [-0.1, -0.05) is 12.1 Å². The Labute approximate surface area is 155 Å². The highest BCUT2D eigenvalue weighted by atomic mass is 16.6. The lowest BCUT2D eigenvalue weighted by molar-refractivity contribution is -0.138. The monoisotopic (exact) mass is 360 g/mol. The van der Waals surface area contributed by atoms with Gasteiger partial charge in [0.2, 0.25) is 0 Å². The SMILES string of the molecule is N#Cc1c(COC(=O)/C=C/c2ccc3c(c2)OCCO3)cn2ccccc12. The van der Waals surface area contributed by atoms with E-state index in [1.54, 1.807) is 12.3 Å². The van der Waals surface area contributed by atoms with Gasteiger partial charge in [0.05, 0.1) is 11.1 Å². The maximum absolute atomic E-state index is 12.0. The zero-order valence-electron chi connectivity index (χ0n) is 14.4. The first-order valence-electron chi connectivity index (χ1n) is 8.48. The van der Waals surface area contributed by atoms with Crippen molar-refractivity contribution >= 4 is 17.6 Å². The van der Waals surface area contributed by atoms with Crippen LogP contribution in [0.4, 0.5) is 0 Å². The van der Waals surface area contributed by atoms with Gasteiger partial charge in [-0.15, -0.1) is 0 Å². The van der Waals surface area contributed by atoms with Gasteiger partial charge >= 0.3 is 5.97 Å². The number of pyridine rings is 1. The fourth-order valence-corrected chi connectivity index (χ4v) is 2.94. The molecule has 27 heavy (non-hydrogen) atoms. The molecule has 0 fully saturated rings. The zero-order chi connectivity index (χ0) is 18.6. The van der Waals surface area contributed by atoms with Gasteiger partial charge < -0.3 is 18.6 Å².